The number of hydrogen-bond acceptors (Lipinski definition) is 4. The molecule has 1 heterocycles. The number of rotatable bonds is 6. The highest BCUT2D eigenvalue weighted by molar-refractivity contribution is 7.99. The summed E-state index contributed by atoms with van der Waals surface area (Å²) in [5.41, 5.74) is 2.64. The van der Waals surface area contributed by atoms with E-state index in [1.807, 2.05) is 54.6 Å². The van der Waals surface area contributed by atoms with Gasteiger partial charge in [0.2, 0.25) is 0 Å². The third kappa shape index (κ3) is 5.14. The highest BCUT2D eigenvalue weighted by Crippen LogP contribution is 2.35. The molecule has 0 fully saturated rings. The van der Waals surface area contributed by atoms with E-state index in [2.05, 4.69) is 5.32 Å². The molecule has 5 rings (SSSR count). The average molecular weight is 535 g/mol. The van der Waals surface area contributed by atoms with E-state index >= 15 is 0 Å². The van der Waals surface area contributed by atoms with Crippen molar-refractivity contribution in [1.29, 1.82) is 0 Å². The number of fused-ring (bicyclic) bond motifs is 1. The fraction of sp³-hybridized carbons (Fsp3) is 0.107. The summed E-state index contributed by atoms with van der Waals surface area (Å²) < 4.78 is 28.0. The first-order valence-corrected chi connectivity index (χ1v) is 14.1. The number of benzene rings is 4. The van der Waals surface area contributed by atoms with Crippen LogP contribution in [0.4, 0.5) is 11.4 Å². The molecule has 8 heteroatoms. The minimum atomic E-state index is -3.74. The number of aryl methyl sites for hydroxylation is 1. The summed E-state index contributed by atoms with van der Waals surface area (Å²) in [6, 6.07) is 29.0. The Morgan fingerprint density at radius 2 is 1.61 bits per heavy atom. The van der Waals surface area contributed by atoms with Crippen LogP contribution in [-0.2, 0) is 16.4 Å². The topological polar surface area (TPSA) is 66.5 Å². The van der Waals surface area contributed by atoms with Gasteiger partial charge in [-0.1, -0.05) is 53.7 Å². The first kappa shape index (κ1) is 24.4. The molecule has 0 aliphatic carbocycles. The number of halogens is 1. The highest BCUT2D eigenvalue weighted by atomic mass is 35.5. The summed E-state index contributed by atoms with van der Waals surface area (Å²) in [6.07, 6.45) is 1.37. The lowest BCUT2D eigenvalue weighted by atomic mass is 10.0. The van der Waals surface area contributed by atoms with Crippen molar-refractivity contribution in [3.8, 4) is 0 Å². The molecule has 5 nitrogen and oxygen atoms in total. The molecular weight excluding hydrogens is 512 g/mol. The van der Waals surface area contributed by atoms with Crippen LogP contribution in [0, 0.1) is 0 Å². The predicted molar refractivity (Wildman–Crippen MR) is 146 cm³/mol. The molecule has 1 aliphatic heterocycles. The average Bonchev–Trinajstić information content (AvgIpc) is 2.90. The second-order valence-electron chi connectivity index (χ2n) is 8.34. The maximum Gasteiger partial charge on any atom is 0.264 e. The SMILES string of the molecule is O=C(Nc1ccccc1Sc1ccccc1)c1ccc2c(c1)CCCN2S(=O)(=O)c1ccc(Cl)cc1. The Balaban J connectivity index is 1.39. The van der Waals surface area contributed by atoms with Gasteiger partial charge in [0.25, 0.3) is 15.9 Å². The monoisotopic (exact) mass is 534 g/mol. The van der Waals surface area contributed by atoms with Crippen LogP contribution < -0.4 is 9.62 Å². The highest BCUT2D eigenvalue weighted by Gasteiger charge is 2.29. The molecule has 0 aromatic heterocycles. The normalized spacial score (nSPS) is 13.2. The van der Waals surface area contributed by atoms with Gasteiger partial charge in [0.15, 0.2) is 0 Å². The van der Waals surface area contributed by atoms with Gasteiger partial charge in [-0.25, -0.2) is 8.42 Å². The van der Waals surface area contributed by atoms with E-state index in [1.165, 1.54) is 16.4 Å². The van der Waals surface area contributed by atoms with Gasteiger partial charge < -0.3 is 5.32 Å². The third-order valence-electron chi connectivity index (χ3n) is 5.93. The number of sulfonamides is 1. The smallest absolute Gasteiger partial charge is 0.264 e. The van der Waals surface area contributed by atoms with Gasteiger partial charge in [-0.3, -0.25) is 9.10 Å². The molecule has 36 heavy (non-hydrogen) atoms. The number of nitrogens with one attached hydrogen (secondary N) is 1. The molecule has 0 atom stereocenters. The van der Waals surface area contributed by atoms with Gasteiger partial charge in [-0.2, -0.15) is 0 Å². The van der Waals surface area contributed by atoms with Crippen LogP contribution in [0.1, 0.15) is 22.3 Å². The second kappa shape index (κ2) is 10.4. The standard InChI is InChI=1S/C28H23ClN2O3S2/c29-22-13-15-24(16-14-22)36(33,34)31-18-6-7-20-19-21(12-17-26(20)31)28(32)30-25-10-4-5-11-27(25)35-23-8-2-1-3-9-23/h1-5,8-17,19H,6-7,18H2,(H,30,32). The maximum atomic E-state index is 13.3. The fourth-order valence-electron chi connectivity index (χ4n) is 4.16. The van der Waals surface area contributed by atoms with Crippen LogP contribution >= 0.6 is 23.4 Å². The van der Waals surface area contributed by atoms with Crippen LogP contribution in [0.15, 0.2) is 112 Å². The Morgan fingerprint density at radius 3 is 2.39 bits per heavy atom. The van der Waals surface area contributed by atoms with Gasteiger partial charge in [-0.05, 0) is 85.1 Å². The van der Waals surface area contributed by atoms with Crippen molar-refractivity contribution in [3.05, 3.63) is 113 Å². The quantitative estimate of drug-likeness (QED) is 0.292. The Morgan fingerprint density at radius 1 is 0.889 bits per heavy atom. The Hall–Kier alpha value is -3.26. The molecule has 0 bridgehead atoms. The Labute approximate surface area is 220 Å². The maximum absolute atomic E-state index is 13.3. The number of hydrogen-bond donors (Lipinski definition) is 1. The van der Waals surface area contributed by atoms with Crippen molar-refractivity contribution in [2.45, 2.75) is 27.5 Å². The van der Waals surface area contributed by atoms with Crippen molar-refractivity contribution < 1.29 is 13.2 Å². The summed E-state index contributed by atoms with van der Waals surface area (Å²) in [4.78, 5) is 15.4. The molecule has 0 saturated carbocycles. The van der Waals surface area contributed by atoms with Crippen molar-refractivity contribution in [2.24, 2.45) is 0 Å². The zero-order chi connectivity index (χ0) is 25.1. The fourth-order valence-corrected chi connectivity index (χ4v) is 6.75. The first-order chi connectivity index (χ1) is 17.4. The Kier molecular flexibility index (Phi) is 7.05. The third-order valence-corrected chi connectivity index (χ3v) is 9.09. The molecule has 0 unspecified atom stereocenters. The van der Waals surface area contributed by atoms with E-state index < -0.39 is 10.0 Å². The number of carbonyl (C=O) groups is 1. The first-order valence-electron chi connectivity index (χ1n) is 11.5. The number of para-hydroxylation sites is 1. The molecule has 4 aromatic rings. The molecule has 4 aromatic carbocycles. The molecule has 1 amide bonds. The van der Waals surface area contributed by atoms with E-state index in [0.717, 1.165) is 21.0 Å². The number of anilines is 2. The number of nitrogens with zero attached hydrogens (tertiary/aromatic N) is 1. The van der Waals surface area contributed by atoms with Crippen LogP contribution in [-0.4, -0.2) is 20.9 Å². The van der Waals surface area contributed by atoms with E-state index in [-0.39, 0.29) is 10.8 Å². The summed E-state index contributed by atoms with van der Waals surface area (Å²) in [6.45, 7) is 0.383. The van der Waals surface area contributed by atoms with E-state index in [9.17, 15) is 13.2 Å². The van der Waals surface area contributed by atoms with Crippen molar-refractivity contribution in [1.82, 2.24) is 0 Å². The van der Waals surface area contributed by atoms with Gasteiger partial charge in [0.1, 0.15) is 0 Å². The zero-order valence-electron chi connectivity index (χ0n) is 19.2. The van der Waals surface area contributed by atoms with Crippen LogP contribution in [0.2, 0.25) is 5.02 Å². The number of carbonyl (C=O) groups excluding carboxylic acids is 1. The van der Waals surface area contributed by atoms with Crippen LogP contribution in [0.3, 0.4) is 0 Å². The van der Waals surface area contributed by atoms with E-state index in [4.69, 9.17) is 11.6 Å². The molecule has 1 aliphatic rings. The molecule has 182 valence electrons. The van der Waals surface area contributed by atoms with Gasteiger partial charge in [-0.15, -0.1) is 0 Å². The Bertz CT molecular complexity index is 1510. The molecule has 0 spiro atoms. The minimum absolute atomic E-state index is 0.189. The van der Waals surface area contributed by atoms with Crippen LogP contribution in [0.25, 0.3) is 0 Å². The largest absolute Gasteiger partial charge is 0.321 e. The van der Waals surface area contributed by atoms with Crippen molar-refractivity contribution >= 4 is 50.7 Å². The molecule has 1 N–H and O–H groups in total. The van der Waals surface area contributed by atoms with Crippen molar-refractivity contribution in [2.75, 3.05) is 16.2 Å². The van der Waals surface area contributed by atoms with Gasteiger partial charge in [0.05, 0.1) is 16.3 Å². The predicted octanol–water partition coefficient (Wildman–Crippen LogP) is 6.89. The molecule has 0 radical (unpaired) electrons. The lowest BCUT2D eigenvalue weighted by molar-refractivity contribution is 0.102. The van der Waals surface area contributed by atoms with Gasteiger partial charge >= 0.3 is 0 Å². The van der Waals surface area contributed by atoms with Gasteiger partial charge in [0, 0.05) is 26.9 Å². The molecule has 0 saturated heterocycles. The zero-order valence-corrected chi connectivity index (χ0v) is 21.6. The molecular formula is C28H23ClN2O3S2. The summed E-state index contributed by atoms with van der Waals surface area (Å²) in [7, 11) is -3.74. The summed E-state index contributed by atoms with van der Waals surface area (Å²) in [5.74, 6) is -0.239. The van der Waals surface area contributed by atoms with E-state index in [1.54, 1.807) is 42.1 Å². The lowest BCUT2D eigenvalue weighted by Crippen LogP contribution is -2.35. The van der Waals surface area contributed by atoms with Crippen molar-refractivity contribution in [3.63, 3.8) is 0 Å². The van der Waals surface area contributed by atoms with E-state index in [0.29, 0.717) is 35.7 Å². The van der Waals surface area contributed by atoms with Crippen LogP contribution in [0.5, 0.6) is 0 Å². The summed E-state index contributed by atoms with van der Waals surface area (Å²) >= 11 is 7.52. The number of amides is 1. The lowest BCUT2D eigenvalue weighted by Gasteiger charge is -2.30. The minimum Gasteiger partial charge on any atom is -0.321 e. The summed E-state index contributed by atoms with van der Waals surface area (Å²) in [5, 5.41) is 3.50. The second-order valence-corrected chi connectivity index (χ2v) is 11.8.